The number of carboxylic acid groups (broad SMARTS) is 1. The first-order valence-electron chi connectivity index (χ1n) is 16.3. The summed E-state index contributed by atoms with van der Waals surface area (Å²) < 4.78 is 0. The summed E-state index contributed by atoms with van der Waals surface area (Å²) in [7, 11) is 0. The van der Waals surface area contributed by atoms with Crippen LogP contribution in [0.3, 0.4) is 0 Å². The lowest BCUT2D eigenvalue weighted by atomic mass is 9.92. The van der Waals surface area contributed by atoms with Gasteiger partial charge in [0.2, 0.25) is 5.91 Å². The molecule has 3 saturated heterocycles. The summed E-state index contributed by atoms with van der Waals surface area (Å²) in [6, 6.07) is 5.29. The Kier molecular flexibility index (Phi) is 10.5. The van der Waals surface area contributed by atoms with Crippen LogP contribution in [0.15, 0.2) is 24.5 Å². The molecule has 3 aliphatic rings. The summed E-state index contributed by atoms with van der Waals surface area (Å²) in [4.78, 5) is 56.0. The van der Waals surface area contributed by atoms with Crippen molar-refractivity contribution in [3.05, 3.63) is 52.1 Å². The van der Waals surface area contributed by atoms with Gasteiger partial charge < -0.3 is 19.8 Å². The first kappa shape index (κ1) is 33.3. The van der Waals surface area contributed by atoms with Gasteiger partial charge in [-0.1, -0.05) is 31.5 Å². The molecule has 2 amide bonds. The average molecular weight is 639 g/mol. The SMILES string of the molecule is Cc1ccc(N(CCCN2CC3CN(C(=O)c4c(C)ncnc4C)CC3C2)C(=O)C2CCN(C(C(=O)O)C(C)C)CC2)cc1Cl. The van der Waals surface area contributed by atoms with Gasteiger partial charge in [-0.05, 0) is 95.1 Å². The minimum atomic E-state index is -0.799. The molecule has 1 aromatic carbocycles. The van der Waals surface area contributed by atoms with Crippen LogP contribution in [0.25, 0.3) is 0 Å². The largest absolute Gasteiger partial charge is 0.480 e. The van der Waals surface area contributed by atoms with Crippen LogP contribution >= 0.6 is 11.6 Å². The van der Waals surface area contributed by atoms with Crippen molar-refractivity contribution in [2.45, 2.75) is 59.9 Å². The lowest BCUT2D eigenvalue weighted by Crippen LogP contribution is -2.50. The van der Waals surface area contributed by atoms with Crippen LogP contribution in [0.2, 0.25) is 5.02 Å². The van der Waals surface area contributed by atoms with Crippen molar-refractivity contribution in [3.8, 4) is 0 Å². The van der Waals surface area contributed by atoms with E-state index in [9.17, 15) is 19.5 Å². The molecule has 3 fully saturated rings. The van der Waals surface area contributed by atoms with Gasteiger partial charge in [-0.3, -0.25) is 19.3 Å². The number of nitrogens with zero attached hydrogens (tertiary/aromatic N) is 6. The van der Waals surface area contributed by atoms with E-state index in [4.69, 9.17) is 11.6 Å². The number of carbonyl (C=O) groups is 3. The van der Waals surface area contributed by atoms with Gasteiger partial charge in [0.1, 0.15) is 12.4 Å². The third kappa shape index (κ3) is 7.34. The van der Waals surface area contributed by atoms with Crippen molar-refractivity contribution in [2.24, 2.45) is 23.7 Å². The third-order valence-electron chi connectivity index (χ3n) is 10.0. The van der Waals surface area contributed by atoms with Gasteiger partial charge in [-0.25, -0.2) is 9.97 Å². The van der Waals surface area contributed by atoms with E-state index in [1.165, 1.54) is 6.33 Å². The number of anilines is 1. The fourth-order valence-electron chi connectivity index (χ4n) is 7.58. The number of fused-ring (bicyclic) bond motifs is 1. The monoisotopic (exact) mass is 638 g/mol. The zero-order valence-electron chi connectivity index (χ0n) is 27.2. The highest BCUT2D eigenvalue weighted by molar-refractivity contribution is 6.31. The van der Waals surface area contributed by atoms with E-state index in [0.29, 0.717) is 54.9 Å². The van der Waals surface area contributed by atoms with E-state index in [1.807, 2.05) is 67.5 Å². The van der Waals surface area contributed by atoms with E-state index < -0.39 is 12.0 Å². The lowest BCUT2D eigenvalue weighted by molar-refractivity contribution is -0.146. The smallest absolute Gasteiger partial charge is 0.321 e. The molecule has 3 atom stereocenters. The van der Waals surface area contributed by atoms with E-state index in [0.717, 1.165) is 61.8 Å². The minimum Gasteiger partial charge on any atom is -0.480 e. The molecule has 45 heavy (non-hydrogen) atoms. The first-order chi connectivity index (χ1) is 21.4. The summed E-state index contributed by atoms with van der Waals surface area (Å²) in [6.45, 7) is 15.6. The number of carboxylic acids is 1. The molecule has 3 aliphatic heterocycles. The molecule has 10 nitrogen and oxygen atoms in total. The van der Waals surface area contributed by atoms with Crippen molar-refractivity contribution < 1.29 is 19.5 Å². The zero-order valence-corrected chi connectivity index (χ0v) is 28.0. The highest BCUT2D eigenvalue weighted by Crippen LogP contribution is 2.33. The molecular weight excluding hydrogens is 592 g/mol. The number of aryl methyl sites for hydroxylation is 3. The quantitative estimate of drug-likeness (QED) is 0.410. The lowest BCUT2D eigenvalue weighted by Gasteiger charge is -2.38. The van der Waals surface area contributed by atoms with Crippen molar-refractivity contribution in [3.63, 3.8) is 0 Å². The van der Waals surface area contributed by atoms with E-state index in [1.54, 1.807) is 0 Å². The number of rotatable bonds is 10. The minimum absolute atomic E-state index is 0.00138. The molecule has 0 saturated carbocycles. The number of halogens is 1. The summed E-state index contributed by atoms with van der Waals surface area (Å²) >= 11 is 6.50. The average Bonchev–Trinajstić information content (AvgIpc) is 3.56. The van der Waals surface area contributed by atoms with Gasteiger partial charge >= 0.3 is 5.97 Å². The number of hydrogen-bond acceptors (Lipinski definition) is 7. The second kappa shape index (κ2) is 14.1. The topological polar surface area (TPSA) is 110 Å². The van der Waals surface area contributed by atoms with Crippen molar-refractivity contribution in [2.75, 3.05) is 57.3 Å². The summed E-state index contributed by atoms with van der Waals surface area (Å²) in [5, 5.41) is 10.4. The van der Waals surface area contributed by atoms with Crippen LogP contribution in [0, 0.1) is 44.4 Å². The number of aromatic nitrogens is 2. The van der Waals surface area contributed by atoms with Crippen molar-refractivity contribution >= 4 is 35.1 Å². The normalized spacial score (nSPS) is 21.7. The fourth-order valence-corrected chi connectivity index (χ4v) is 7.75. The number of piperidine rings is 1. The molecular formula is C34H47ClN6O4. The molecule has 0 radical (unpaired) electrons. The molecule has 2 aromatic rings. The predicted molar refractivity (Wildman–Crippen MR) is 175 cm³/mol. The number of likely N-dealkylation sites (tertiary alicyclic amines) is 3. The van der Waals surface area contributed by atoms with Crippen LogP contribution in [0.4, 0.5) is 5.69 Å². The Hall–Kier alpha value is -3.08. The van der Waals surface area contributed by atoms with E-state index >= 15 is 0 Å². The number of amides is 2. The van der Waals surface area contributed by atoms with E-state index in [-0.39, 0.29) is 23.7 Å². The zero-order chi connectivity index (χ0) is 32.4. The molecule has 1 aromatic heterocycles. The van der Waals surface area contributed by atoms with Crippen LogP contribution in [0.1, 0.15) is 60.4 Å². The van der Waals surface area contributed by atoms with Crippen molar-refractivity contribution in [1.82, 2.24) is 24.7 Å². The molecule has 0 aliphatic carbocycles. The number of carbonyl (C=O) groups excluding carboxylic acids is 2. The maximum Gasteiger partial charge on any atom is 0.321 e. The predicted octanol–water partition coefficient (Wildman–Crippen LogP) is 4.30. The summed E-state index contributed by atoms with van der Waals surface area (Å²) in [6.07, 6.45) is 3.62. The first-order valence-corrected chi connectivity index (χ1v) is 16.7. The third-order valence-corrected chi connectivity index (χ3v) is 10.4. The molecule has 0 spiro atoms. The van der Waals surface area contributed by atoms with Gasteiger partial charge in [0.05, 0.1) is 17.0 Å². The number of hydrogen-bond donors (Lipinski definition) is 1. The molecule has 0 bridgehead atoms. The Balaban J connectivity index is 1.17. The molecule has 244 valence electrons. The van der Waals surface area contributed by atoms with Crippen molar-refractivity contribution in [1.29, 1.82) is 0 Å². The second-order valence-corrected chi connectivity index (χ2v) is 13.9. The Bertz CT molecular complexity index is 1380. The van der Waals surface area contributed by atoms with Gasteiger partial charge in [-0.2, -0.15) is 0 Å². The Labute approximate surface area is 271 Å². The number of aliphatic carboxylic acids is 1. The standard InChI is InChI=1S/C34H47ClN6O4/c1-21(2)31(34(44)45)39-13-9-25(10-14-39)32(42)41(28-8-7-22(3)29(35)15-28)12-6-11-38-16-26-18-40(19-27(26)17-38)33(43)30-23(4)36-20-37-24(30)5/h7-8,15,20-21,25-27,31H,6,9-14,16-19H2,1-5H3,(H,44,45). The maximum absolute atomic E-state index is 14.0. The molecule has 1 N–H and O–H groups in total. The van der Waals surface area contributed by atoms with Gasteiger partial charge in [0, 0.05) is 49.4 Å². The fraction of sp³-hybridized carbons (Fsp3) is 0.618. The molecule has 3 unspecified atom stereocenters. The maximum atomic E-state index is 14.0. The highest BCUT2D eigenvalue weighted by atomic mass is 35.5. The van der Waals surface area contributed by atoms with Crippen LogP contribution < -0.4 is 4.90 Å². The number of benzene rings is 1. The van der Waals surface area contributed by atoms with Crippen LogP contribution in [-0.4, -0.2) is 106 Å². The second-order valence-electron chi connectivity index (χ2n) is 13.5. The van der Waals surface area contributed by atoms with Gasteiger partial charge in [0.25, 0.3) is 5.91 Å². The van der Waals surface area contributed by atoms with Gasteiger partial charge in [0.15, 0.2) is 0 Å². The van der Waals surface area contributed by atoms with Crippen LogP contribution in [0.5, 0.6) is 0 Å². The van der Waals surface area contributed by atoms with E-state index in [2.05, 4.69) is 14.9 Å². The Morgan fingerprint density at radius 3 is 2.18 bits per heavy atom. The summed E-state index contributed by atoms with van der Waals surface area (Å²) in [5.41, 5.74) is 3.86. The Morgan fingerprint density at radius 2 is 1.62 bits per heavy atom. The molecule has 5 rings (SSSR count). The molecule has 11 heteroatoms. The highest BCUT2D eigenvalue weighted by Gasteiger charge is 2.42. The van der Waals surface area contributed by atoms with Gasteiger partial charge in [-0.15, -0.1) is 0 Å². The summed E-state index contributed by atoms with van der Waals surface area (Å²) in [5.74, 6) is 0.0605. The van der Waals surface area contributed by atoms with Crippen LogP contribution in [-0.2, 0) is 9.59 Å². The Morgan fingerprint density at radius 1 is 1.00 bits per heavy atom. The molecule has 4 heterocycles.